The van der Waals surface area contributed by atoms with Gasteiger partial charge in [-0.3, -0.25) is 0 Å². The summed E-state index contributed by atoms with van der Waals surface area (Å²) in [6, 6.07) is 0. The Morgan fingerprint density at radius 2 is 1.37 bits per heavy atom. The summed E-state index contributed by atoms with van der Waals surface area (Å²) < 4.78 is 50.2. The van der Waals surface area contributed by atoms with Gasteiger partial charge in [0.05, 0.1) is 38.1 Å². The zero-order chi connectivity index (χ0) is 42.6. The van der Waals surface area contributed by atoms with Crippen LogP contribution in [0, 0.1) is 52.3 Å². The van der Waals surface area contributed by atoms with Crippen LogP contribution in [0.25, 0.3) is 0 Å². The fourth-order valence-electron chi connectivity index (χ4n) is 14.3. The lowest BCUT2D eigenvalue weighted by atomic mass is 9.44. The largest absolute Gasteiger partial charge is 0.394 e. The molecule has 60 heavy (non-hydrogen) atoms. The van der Waals surface area contributed by atoms with Crippen LogP contribution in [0.2, 0.25) is 0 Å². The zero-order valence-corrected chi connectivity index (χ0v) is 35.8. The molecule has 0 aromatic heterocycles. The zero-order valence-electron chi connectivity index (χ0n) is 35.8. The van der Waals surface area contributed by atoms with Crippen molar-refractivity contribution in [3.05, 3.63) is 0 Å². The van der Waals surface area contributed by atoms with E-state index in [0.29, 0.717) is 41.4 Å². The molecule has 0 aromatic rings. The van der Waals surface area contributed by atoms with Crippen molar-refractivity contribution in [2.45, 2.75) is 203 Å². The van der Waals surface area contributed by atoms with Gasteiger partial charge in [-0.05, 0) is 111 Å². The summed E-state index contributed by atoms with van der Waals surface area (Å²) in [6.45, 7) is 11.0. The molecule has 0 bridgehead atoms. The van der Waals surface area contributed by atoms with Crippen molar-refractivity contribution in [3.8, 4) is 0 Å². The summed E-state index contributed by atoms with van der Waals surface area (Å²) in [7, 11) is 0. The van der Waals surface area contributed by atoms with E-state index >= 15 is 0 Å². The van der Waals surface area contributed by atoms with Gasteiger partial charge in [-0.1, -0.05) is 27.7 Å². The highest BCUT2D eigenvalue weighted by Gasteiger charge is 2.69. The Kier molecular flexibility index (Phi) is 12.4. The van der Waals surface area contributed by atoms with Gasteiger partial charge >= 0.3 is 0 Å². The molecule has 4 saturated carbocycles. The average Bonchev–Trinajstić information content (AvgIpc) is 3.68. The minimum absolute atomic E-state index is 0.116. The van der Waals surface area contributed by atoms with E-state index in [1.165, 1.54) is 19.8 Å². The lowest BCUT2D eigenvalue weighted by Crippen LogP contribution is -2.66. The molecule has 0 radical (unpaired) electrons. The van der Waals surface area contributed by atoms with Crippen molar-refractivity contribution in [1.29, 1.82) is 0 Å². The van der Waals surface area contributed by atoms with Crippen LogP contribution in [-0.4, -0.2) is 165 Å². The van der Waals surface area contributed by atoms with E-state index < -0.39 is 98.4 Å². The third-order valence-corrected chi connectivity index (χ3v) is 17.9. The fraction of sp³-hybridized carbons (Fsp3) is 1.00. The van der Waals surface area contributed by atoms with E-state index in [2.05, 4.69) is 27.7 Å². The van der Waals surface area contributed by atoms with E-state index in [-0.39, 0.29) is 29.6 Å². The van der Waals surface area contributed by atoms with E-state index in [1.807, 2.05) is 0 Å². The Hall–Kier alpha value is -0.640. The molecule has 16 nitrogen and oxygen atoms in total. The Morgan fingerprint density at radius 1 is 0.633 bits per heavy atom. The highest BCUT2D eigenvalue weighted by atomic mass is 16.8. The van der Waals surface area contributed by atoms with Gasteiger partial charge in [0.25, 0.3) is 0 Å². The number of hydrogen-bond donors (Lipinski definition) is 8. The molecule has 9 rings (SSSR count). The van der Waals surface area contributed by atoms with Crippen LogP contribution in [0.5, 0.6) is 0 Å². The van der Waals surface area contributed by atoms with E-state index in [9.17, 15) is 40.9 Å². The molecule has 5 saturated heterocycles. The van der Waals surface area contributed by atoms with E-state index in [4.69, 9.17) is 37.9 Å². The molecule has 8 N–H and O–H groups in total. The number of aliphatic hydroxyl groups excluding tert-OH is 8. The first-order chi connectivity index (χ1) is 28.5. The highest BCUT2D eigenvalue weighted by molar-refractivity contribution is 5.15. The Bertz CT molecular complexity index is 1500. The molecule has 9 aliphatic rings. The van der Waals surface area contributed by atoms with Crippen LogP contribution < -0.4 is 0 Å². The van der Waals surface area contributed by atoms with Crippen molar-refractivity contribution in [2.75, 3.05) is 19.8 Å². The Labute approximate surface area is 353 Å². The highest BCUT2D eigenvalue weighted by Crippen LogP contribution is 2.71. The van der Waals surface area contributed by atoms with E-state index in [1.54, 1.807) is 0 Å². The van der Waals surface area contributed by atoms with Crippen molar-refractivity contribution in [2.24, 2.45) is 52.3 Å². The summed E-state index contributed by atoms with van der Waals surface area (Å²) in [5.74, 6) is 3.25. The van der Waals surface area contributed by atoms with Crippen LogP contribution >= 0.6 is 0 Å². The fourth-order valence-corrected chi connectivity index (χ4v) is 14.3. The van der Waals surface area contributed by atoms with Gasteiger partial charge in [0.1, 0.15) is 61.0 Å². The molecular weight excluding hydrogens is 784 g/mol. The number of hydrogen-bond acceptors (Lipinski definition) is 16. The smallest absolute Gasteiger partial charge is 0.187 e. The molecular formula is C44H72O16. The van der Waals surface area contributed by atoms with Gasteiger partial charge in [-0.15, -0.1) is 0 Å². The second-order valence-electron chi connectivity index (χ2n) is 21.1. The maximum absolute atomic E-state index is 11.5. The van der Waals surface area contributed by atoms with Crippen molar-refractivity contribution < 1.29 is 78.7 Å². The normalized spacial score (nSPS) is 59.2. The number of aliphatic hydroxyl groups is 8. The Balaban J connectivity index is 0.911. The van der Waals surface area contributed by atoms with Gasteiger partial charge in [0, 0.05) is 12.3 Å². The lowest BCUT2D eigenvalue weighted by Gasteiger charge is -2.61. The molecule has 4 aliphatic carbocycles. The topological polar surface area (TPSA) is 236 Å². The predicted molar refractivity (Wildman–Crippen MR) is 208 cm³/mol. The van der Waals surface area contributed by atoms with Gasteiger partial charge < -0.3 is 78.7 Å². The SMILES string of the molecule is C[C@@H]1CC[C@@]2(OC1)O[C@H]1C[C@H]3[C@@H]4CC[C@H]5C[C@@H](O[C@@H]6O[C@H](CO)[C@@H](O)[C@H](O[C@@H]7O[C@@H](C)[C@H](O)[C@@H](O)[C@H]7O)[C@H]6O[C@@H]6OC[C@@H](O)[C@H](O)[C@H]6O)CC[C@]5(C)[C@H]4CC[C@]3(C)[C@H]1[C@@H]2C. The standard InChI is InChI=1S/C44H72O16/c1-19-8-13-44(54-17-19)20(2)30-28(60-44)15-26-24-7-6-22-14-23(9-11-42(22,4)25(24)10-12-43(26,30)5)56-41-38(59-39-35(51)32(48)27(46)18-53-39)37(33(49)29(16-45)57-41)58-40-36(52)34(50)31(47)21(3)55-40/h19-41,45-52H,6-18H2,1-5H3/t19-,20+,21+,22+,23+,24-,25+,26+,27-,28+,29-,30+,31+,32+,33-,34-,35-,36-,37+,38-,39+,40+,41-,42+,43+,44-/m1/s1. The quantitative estimate of drug-likeness (QED) is 0.166. The van der Waals surface area contributed by atoms with Crippen LogP contribution in [0.4, 0.5) is 0 Å². The molecule has 5 heterocycles. The minimum atomic E-state index is -1.72. The summed E-state index contributed by atoms with van der Waals surface area (Å²) >= 11 is 0. The maximum atomic E-state index is 11.5. The first-order valence-corrected chi connectivity index (χ1v) is 23.1. The summed E-state index contributed by atoms with van der Waals surface area (Å²) in [4.78, 5) is 0. The molecule has 1 spiro atoms. The number of rotatable bonds is 7. The summed E-state index contributed by atoms with van der Waals surface area (Å²) in [5.41, 5.74) is 0.341. The molecule has 9 fully saturated rings. The molecule has 0 aromatic carbocycles. The average molecular weight is 857 g/mol. The molecule has 16 heteroatoms. The molecule has 0 unspecified atom stereocenters. The molecule has 26 atom stereocenters. The summed E-state index contributed by atoms with van der Waals surface area (Å²) in [6.07, 6.45) is -10.1. The van der Waals surface area contributed by atoms with Crippen LogP contribution in [0.15, 0.2) is 0 Å². The Morgan fingerprint density at radius 3 is 2.10 bits per heavy atom. The van der Waals surface area contributed by atoms with E-state index in [0.717, 1.165) is 58.0 Å². The van der Waals surface area contributed by atoms with Crippen molar-refractivity contribution >= 4 is 0 Å². The maximum Gasteiger partial charge on any atom is 0.187 e. The van der Waals surface area contributed by atoms with Crippen LogP contribution in [-0.2, 0) is 37.9 Å². The first kappa shape index (κ1) is 44.6. The third-order valence-electron chi connectivity index (χ3n) is 17.9. The molecule has 5 aliphatic heterocycles. The number of ether oxygens (including phenoxy) is 8. The van der Waals surface area contributed by atoms with Gasteiger partial charge in [-0.25, -0.2) is 0 Å². The second-order valence-corrected chi connectivity index (χ2v) is 21.1. The van der Waals surface area contributed by atoms with Crippen LogP contribution in [0.3, 0.4) is 0 Å². The molecule has 344 valence electrons. The van der Waals surface area contributed by atoms with Crippen molar-refractivity contribution in [3.63, 3.8) is 0 Å². The number of fused-ring (bicyclic) bond motifs is 7. The van der Waals surface area contributed by atoms with Gasteiger partial charge in [0.15, 0.2) is 24.7 Å². The second kappa shape index (κ2) is 16.7. The van der Waals surface area contributed by atoms with Gasteiger partial charge in [0.2, 0.25) is 0 Å². The van der Waals surface area contributed by atoms with Crippen molar-refractivity contribution in [1.82, 2.24) is 0 Å². The predicted octanol–water partition coefficient (Wildman–Crippen LogP) is 0.933. The van der Waals surface area contributed by atoms with Gasteiger partial charge in [-0.2, -0.15) is 0 Å². The molecule has 0 amide bonds. The van der Waals surface area contributed by atoms with Crippen LogP contribution in [0.1, 0.15) is 98.8 Å². The third kappa shape index (κ3) is 7.27. The minimum Gasteiger partial charge on any atom is -0.394 e. The summed E-state index contributed by atoms with van der Waals surface area (Å²) in [5, 5.41) is 85.2. The lowest BCUT2D eigenvalue weighted by molar-refractivity contribution is -0.390. The first-order valence-electron chi connectivity index (χ1n) is 23.1. The monoisotopic (exact) mass is 856 g/mol.